The molecule has 19 heavy (non-hydrogen) atoms. The van der Waals surface area contributed by atoms with Gasteiger partial charge in [-0.3, -0.25) is 4.79 Å². The highest BCUT2D eigenvalue weighted by Gasteiger charge is 2.15. The zero-order chi connectivity index (χ0) is 14.0. The van der Waals surface area contributed by atoms with Gasteiger partial charge in [0.05, 0.1) is 0 Å². The number of primary amides is 1. The Balaban J connectivity index is 2.33. The number of aromatic nitrogens is 3. The lowest BCUT2D eigenvalue weighted by Crippen LogP contribution is -2.16. The number of nitrogens with two attached hydrogens (primary N) is 1. The van der Waals surface area contributed by atoms with Crippen molar-refractivity contribution in [2.24, 2.45) is 5.73 Å². The van der Waals surface area contributed by atoms with E-state index in [0.717, 1.165) is 5.56 Å². The van der Waals surface area contributed by atoms with Crippen LogP contribution in [0, 0.1) is 0 Å². The summed E-state index contributed by atoms with van der Waals surface area (Å²) in [6, 6.07) is 8.18. The Morgan fingerprint density at radius 1 is 1.26 bits per heavy atom. The Hall–Kier alpha value is -2.21. The lowest BCUT2D eigenvalue weighted by atomic mass is 10.0. The molecule has 1 heterocycles. The molecule has 3 N–H and O–H groups in total. The van der Waals surface area contributed by atoms with Crippen LogP contribution in [0.3, 0.4) is 0 Å². The normalized spacial score (nSPS) is 12.6. The first-order valence-electron chi connectivity index (χ1n) is 5.98. The third-order valence-electron chi connectivity index (χ3n) is 3.22. The van der Waals surface area contributed by atoms with Gasteiger partial charge in [-0.1, -0.05) is 24.3 Å². The van der Waals surface area contributed by atoms with Crippen LogP contribution in [-0.2, 0) is 0 Å². The van der Waals surface area contributed by atoms with Crippen LogP contribution in [0.4, 0.5) is 0 Å². The van der Waals surface area contributed by atoms with E-state index < -0.39 is 5.91 Å². The summed E-state index contributed by atoms with van der Waals surface area (Å²) in [5.41, 5.74) is 7.90. The molecule has 1 aromatic carbocycles. The number of hydrogen-bond donors (Lipinski definition) is 2. The standard InChI is InChI=1S/C13H17N5O/c1-8(18(2)3)9-4-6-10(7-5-9)11-12(13(14)19)16-17-15-11/h4-8H,1-3H3,(H2,14,19)(H,15,16,17). The van der Waals surface area contributed by atoms with Gasteiger partial charge in [-0.05, 0) is 26.6 Å². The molecule has 0 saturated carbocycles. The SMILES string of the molecule is CC(c1ccc(-c2n[nH]nc2C(N)=O)cc1)N(C)C. The van der Waals surface area contributed by atoms with E-state index in [1.165, 1.54) is 5.56 Å². The Labute approximate surface area is 111 Å². The number of amides is 1. The Bertz CT molecular complexity index is 573. The lowest BCUT2D eigenvalue weighted by molar-refractivity contribution is 0.0996. The van der Waals surface area contributed by atoms with Crippen molar-refractivity contribution < 1.29 is 4.79 Å². The van der Waals surface area contributed by atoms with Gasteiger partial charge in [0.15, 0.2) is 5.69 Å². The second kappa shape index (κ2) is 5.19. The summed E-state index contributed by atoms with van der Waals surface area (Å²) in [5, 5.41) is 10.2. The van der Waals surface area contributed by atoms with E-state index in [-0.39, 0.29) is 5.69 Å². The van der Waals surface area contributed by atoms with Crippen molar-refractivity contribution >= 4 is 5.91 Å². The smallest absolute Gasteiger partial charge is 0.271 e. The Kier molecular flexibility index (Phi) is 3.62. The summed E-state index contributed by atoms with van der Waals surface area (Å²) in [7, 11) is 4.06. The molecule has 6 nitrogen and oxygen atoms in total. The van der Waals surface area contributed by atoms with Gasteiger partial charge in [-0.15, -0.1) is 0 Å². The fraction of sp³-hybridized carbons (Fsp3) is 0.308. The van der Waals surface area contributed by atoms with Crippen molar-refractivity contribution in [1.82, 2.24) is 20.3 Å². The van der Waals surface area contributed by atoms with Gasteiger partial charge in [0.2, 0.25) is 0 Å². The van der Waals surface area contributed by atoms with E-state index in [1.54, 1.807) is 0 Å². The molecular weight excluding hydrogens is 242 g/mol. The van der Waals surface area contributed by atoms with Crippen LogP contribution in [0.25, 0.3) is 11.3 Å². The van der Waals surface area contributed by atoms with Gasteiger partial charge >= 0.3 is 0 Å². The number of rotatable bonds is 4. The van der Waals surface area contributed by atoms with Gasteiger partial charge in [0, 0.05) is 11.6 Å². The minimum Gasteiger partial charge on any atom is -0.364 e. The first-order valence-corrected chi connectivity index (χ1v) is 5.98. The molecule has 0 bridgehead atoms. The highest BCUT2D eigenvalue weighted by atomic mass is 16.1. The molecule has 1 unspecified atom stereocenters. The maximum atomic E-state index is 11.2. The van der Waals surface area contributed by atoms with Crippen LogP contribution in [0.5, 0.6) is 0 Å². The molecule has 0 radical (unpaired) electrons. The summed E-state index contributed by atoms with van der Waals surface area (Å²) in [6.07, 6.45) is 0. The van der Waals surface area contributed by atoms with Gasteiger partial charge in [0.1, 0.15) is 5.69 Å². The number of nitrogens with one attached hydrogen (secondary N) is 1. The van der Waals surface area contributed by atoms with Crippen LogP contribution in [0.1, 0.15) is 29.0 Å². The second-order valence-corrected chi connectivity index (χ2v) is 4.65. The number of H-pyrrole nitrogens is 1. The topological polar surface area (TPSA) is 87.9 Å². The van der Waals surface area contributed by atoms with Gasteiger partial charge < -0.3 is 10.6 Å². The molecule has 1 aromatic heterocycles. The molecule has 0 aliphatic rings. The lowest BCUT2D eigenvalue weighted by Gasteiger charge is -2.20. The second-order valence-electron chi connectivity index (χ2n) is 4.65. The monoisotopic (exact) mass is 259 g/mol. The molecule has 1 atom stereocenters. The summed E-state index contributed by atoms with van der Waals surface area (Å²) >= 11 is 0. The fourth-order valence-electron chi connectivity index (χ4n) is 1.82. The zero-order valence-corrected chi connectivity index (χ0v) is 11.2. The number of benzene rings is 1. The zero-order valence-electron chi connectivity index (χ0n) is 11.2. The Morgan fingerprint density at radius 2 is 1.89 bits per heavy atom. The van der Waals surface area contributed by atoms with E-state index in [0.29, 0.717) is 11.7 Å². The average molecular weight is 259 g/mol. The largest absolute Gasteiger partial charge is 0.364 e. The predicted molar refractivity (Wildman–Crippen MR) is 72.4 cm³/mol. The van der Waals surface area contributed by atoms with Crippen molar-refractivity contribution in [2.45, 2.75) is 13.0 Å². The quantitative estimate of drug-likeness (QED) is 0.863. The first-order chi connectivity index (χ1) is 9.00. The molecule has 0 aliphatic carbocycles. The van der Waals surface area contributed by atoms with Crippen molar-refractivity contribution in [1.29, 1.82) is 0 Å². The number of hydrogen-bond acceptors (Lipinski definition) is 4. The van der Waals surface area contributed by atoms with E-state index in [9.17, 15) is 4.79 Å². The van der Waals surface area contributed by atoms with Gasteiger partial charge in [-0.2, -0.15) is 15.4 Å². The molecule has 100 valence electrons. The van der Waals surface area contributed by atoms with Crippen molar-refractivity contribution in [3.63, 3.8) is 0 Å². The number of aromatic amines is 1. The maximum Gasteiger partial charge on any atom is 0.271 e. The van der Waals surface area contributed by atoms with Crippen molar-refractivity contribution in [3.05, 3.63) is 35.5 Å². The molecule has 2 aromatic rings. The molecule has 2 rings (SSSR count). The predicted octanol–water partition coefficient (Wildman–Crippen LogP) is 1.19. The molecule has 0 fully saturated rings. The third kappa shape index (κ3) is 2.63. The number of carbonyl (C=O) groups excluding carboxylic acids is 1. The van der Waals surface area contributed by atoms with E-state index >= 15 is 0 Å². The van der Waals surface area contributed by atoms with E-state index in [4.69, 9.17) is 5.73 Å². The van der Waals surface area contributed by atoms with E-state index in [1.807, 2.05) is 38.4 Å². The molecule has 6 heteroatoms. The van der Waals surface area contributed by atoms with Crippen LogP contribution < -0.4 is 5.73 Å². The molecule has 0 aliphatic heterocycles. The highest BCUT2D eigenvalue weighted by Crippen LogP contribution is 2.23. The van der Waals surface area contributed by atoms with Gasteiger partial charge in [-0.25, -0.2) is 0 Å². The average Bonchev–Trinajstić information content (AvgIpc) is 2.87. The van der Waals surface area contributed by atoms with E-state index in [2.05, 4.69) is 27.2 Å². The number of nitrogens with zero attached hydrogens (tertiary/aromatic N) is 3. The first kappa shape index (κ1) is 13.2. The van der Waals surface area contributed by atoms with Crippen molar-refractivity contribution in [3.8, 4) is 11.3 Å². The summed E-state index contributed by atoms with van der Waals surface area (Å²) < 4.78 is 0. The maximum absolute atomic E-state index is 11.2. The highest BCUT2D eigenvalue weighted by molar-refractivity contribution is 5.96. The minimum absolute atomic E-state index is 0.161. The molecular formula is C13H17N5O. The minimum atomic E-state index is -0.588. The summed E-state index contributed by atoms with van der Waals surface area (Å²) in [6.45, 7) is 2.12. The van der Waals surface area contributed by atoms with Crippen LogP contribution >= 0.6 is 0 Å². The molecule has 0 saturated heterocycles. The van der Waals surface area contributed by atoms with Crippen LogP contribution in [-0.4, -0.2) is 40.3 Å². The fourth-order valence-corrected chi connectivity index (χ4v) is 1.82. The van der Waals surface area contributed by atoms with Crippen LogP contribution in [0.15, 0.2) is 24.3 Å². The van der Waals surface area contributed by atoms with Crippen molar-refractivity contribution in [2.75, 3.05) is 14.1 Å². The Morgan fingerprint density at radius 3 is 2.42 bits per heavy atom. The molecule has 0 spiro atoms. The molecule has 1 amide bonds. The van der Waals surface area contributed by atoms with Gasteiger partial charge in [0.25, 0.3) is 5.91 Å². The number of carbonyl (C=O) groups is 1. The third-order valence-corrected chi connectivity index (χ3v) is 3.22. The summed E-state index contributed by atoms with van der Waals surface area (Å²) in [4.78, 5) is 13.3. The summed E-state index contributed by atoms with van der Waals surface area (Å²) in [5.74, 6) is -0.588. The van der Waals surface area contributed by atoms with Crippen LogP contribution in [0.2, 0.25) is 0 Å².